The van der Waals surface area contributed by atoms with Crippen molar-refractivity contribution < 1.29 is 18.6 Å². The molecule has 2 saturated heterocycles. The fourth-order valence-electron chi connectivity index (χ4n) is 4.64. The molecule has 0 spiro atoms. The summed E-state index contributed by atoms with van der Waals surface area (Å²) in [6.45, 7) is -0.971. The number of alkyl halides is 2. The third-order valence-corrected chi connectivity index (χ3v) is 6.31. The molecule has 0 amide bonds. The summed E-state index contributed by atoms with van der Waals surface area (Å²) >= 11 is 0. The largest absolute Gasteiger partial charge is 0.507 e. The van der Waals surface area contributed by atoms with Gasteiger partial charge in [0.1, 0.15) is 17.7 Å². The summed E-state index contributed by atoms with van der Waals surface area (Å²) in [7, 11) is 1.85. The van der Waals surface area contributed by atoms with E-state index in [-0.39, 0.29) is 23.7 Å². The van der Waals surface area contributed by atoms with Crippen LogP contribution in [0.15, 0.2) is 36.7 Å². The zero-order chi connectivity index (χ0) is 21.5. The number of fused-ring (bicyclic) bond motifs is 3. The highest BCUT2D eigenvalue weighted by molar-refractivity contribution is 5.87. The lowest BCUT2D eigenvalue weighted by Gasteiger charge is -2.38. The molecule has 7 nitrogen and oxygen atoms in total. The van der Waals surface area contributed by atoms with Crippen LogP contribution in [0.4, 0.5) is 14.6 Å². The molecule has 0 saturated carbocycles. The fraction of sp³-hybridized carbons (Fsp3) is 0.409. The number of pyridine rings is 1. The van der Waals surface area contributed by atoms with E-state index in [9.17, 15) is 13.9 Å². The van der Waals surface area contributed by atoms with Crippen LogP contribution in [0, 0.1) is 0 Å². The lowest BCUT2D eigenvalue weighted by atomic mass is 9.96. The minimum Gasteiger partial charge on any atom is -0.507 e. The maximum Gasteiger partial charge on any atom is 0.230 e. The molecule has 2 aromatic heterocycles. The van der Waals surface area contributed by atoms with Crippen molar-refractivity contribution in [3.05, 3.63) is 36.7 Å². The van der Waals surface area contributed by atoms with Gasteiger partial charge in [0.05, 0.1) is 29.6 Å². The molecule has 1 aromatic carbocycles. The second kappa shape index (κ2) is 7.88. The lowest BCUT2D eigenvalue weighted by molar-refractivity contribution is 0.176. The Labute approximate surface area is 178 Å². The summed E-state index contributed by atoms with van der Waals surface area (Å²) < 4.78 is 32.0. The average Bonchev–Trinajstić information content (AvgIpc) is 3.19. The number of rotatable bonds is 5. The van der Waals surface area contributed by atoms with E-state index in [4.69, 9.17) is 4.74 Å². The first kappa shape index (κ1) is 19.9. The molecule has 9 heteroatoms. The molecule has 4 heterocycles. The van der Waals surface area contributed by atoms with Gasteiger partial charge in [0.15, 0.2) is 0 Å². The Balaban J connectivity index is 1.40. The molecule has 4 atom stereocenters. The maximum absolute atomic E-state index is 14.9. The first-order valence-corrected chi connectivity index (χ1v) is 10.3. The Bertz CT molecular complexity index is 1100. The van der Waals surface area contributed by atoms with E-state index in [1.165, 1.54) is 6.07 Å². The van der Waals surface area contributed by atoms with Crippen LogP contribution in [-0.2, 0) is 0 Å². The summed E-state index contributed by atoms with van der Waals surface area (Å²) in [6, 6.07) is 6.56. The van der Waals surface area contributed by atoms with Crippen molar-refractivity contribution in [3.63, 3.8) is 0 Å². The van der Waals surface area contributed by atoms with Crippen LogP contribution >= 0.6 is 0 Å². The summed E-state index contributed by atoms with van der Waals surface area (Å²) in [5.41, 5.74) is 1.47. The Morgan fingerprint density at radius 3 is 2.87 bits per heavy atom. The number of hydrogen-bond acceptors (Lipinski definition) is 7. The van der Waals surface area contributed by atoms with E-state index in [0.29, 0.717) is 28.6 Å². The normalized spacial score (nSPS) is 25.0. The number of nitrogens with one attached hydrogen (secondary N) is 1. The molecular weight excluding hydrogens is 404 g/mol. The Kier molecular flexibility index (Phi) is 5.05. The minimum atomic E-state index is -0.971. The Morgan fingerprint density at radius 1 is 1.23 bits per heavy atom. The highest BCUT2D eigenvalue weighted by atomic mass is 19.1. The van der Waals surface area contributed by atoms with Crippen LogP contribution in [0.25, 0.3) is 22.2 Å². The number of aromatic hydroxyl groups is 1. The maximum atomic E-state index is 14.9. The monoisotopic (exact) mass is 427 g/mol. The Morgan fingerprint density at radius 2 is 2.10 bits per heavy atom. The van der Waals surface area contributed by atoms with Crippen molar-refractivity contribution in [3.8, 4) is 22.9 Å². The van der Waals surface area contributed by atoms with Crippen molar-refractivity contribution in [2.24, 2.45) is 0 Å². The summed E-state index contributed by atoms with van der Waals surface area (Å²) in [6.07, 6.45) is 4.85. The smallest absolute Gasteiger partial charge is 0.230 e. The number of phenols is 1. The molecule has 5 rings (SSSR count). The molecule has 3 aromatic rings. The minimum absolute atomic E-state index is 0.0217. The molecule has 162 valence electrons. The number of anilines is 1. The molecule has 2 unspecified atom stereocenters. The van der Waals surface area contributed by atoms with Gasteiger partial charge in [-0.2, -0.15) is 0 Å². The number of nitrogens with zero attached hydrogens (tertiary/aromatic N) is 4. The van der Waals surface area contributed by atoms with Crippen LogP contribution in [0.3, 0.4) is 0 Å². The molecule has 2 aliphatic heterocycles. The topological polar surface area (TPSA) is 83.4 Å². The number of piperidine rings is 1. The number of phenolic OH excluding ortho intramolecular Hbond substituents is 1. The second-order valence-electron chi connectivity index (χ2n) is 8.13. The van der Waals surface area contributed by atoms with E-state index in [1.807, 2.05) is 11.9 Å². The van der Waals surface area contributed by atoms with Gasteiger partial charge in [0.2, 0.25) is 12.7 Å². The van der Waals surface area contributed by atoms with E-state index < -0.39 is 13.0 Å². The number of aromatic nitrogens is 3. The van der Waals surface area contributed by atoms with E-state index in [2.05, 4.69) is 20.3 Å². The summed E-state index contributed by atoms with van der Waals surface area (Å²) in [5, 5.41) is 14.6. The molecule has 0 radical (unpaired) electrons. The van der Waals surface area contributed by atoms with Gasteiger partial charge in [-0.3, -0.25) is 4.98 Å². The van der Waals surface area contributed by atoms with Crippen molar-refractivity contribution in [2.75, 3.05) is 18.8 Å². The molecule has 2 bridgehead atoms. The second-order valence-corrected chi connectivity index (χ2v) is 8.13. The van der Waals surface area contributed by atoms with Crippen LogP contribution < -0.4 is 15.0 Å². The SMILES string of the molecule is CN(c1cnc(-c2cc3ccc(OCF)nc3cc2O)cn1)[C@H]1CC2CCC(N2)[C@H]1F. The quantitative estimate of drug-likeness (QED) is 0.646. The molecular formula is C22H23F2N5O2. The average molecular weight is 427 g/mol. The number of hydrogen-bond donors (Lipinski definition) is 2. The standard InChI is InChI=1S/C22H23F2N5O2/c1-29(18-7-13-3-4-15(27-13)22(18)24)20-10-25-17(9-26-20)14-6-12-2-5-21(31-11-23)28-16(12)8-19(14)30/h2,5-6,8-10,13,15,18,22,27,30H,3-4,7,11H2,1H3/t13?,15?,18-,22+/m0/s1. The van der Waals surface area contributed by atoms with Crippen molar-refractivity contribution in [1.82, 2.24) is 20.3 Å². The fourth-order valence-corrected chi connectivity index (χ4v) is 4.64. The van der Waals surface area contributed by atoms with Gasteiger partial charge < -0.3 is 20.1 Å². The van der Waals surface area contributed by atoms with Gasteiger partial charge in [-0.05, 0) is 31.4 Å². The van der Waals surface area contributed by atoms with Crippen LogP contribution in [0.5, 0.6) is 11.6 Å². The highest BCUT2D eigenvalue weighted by Gasteiger charge is 2.43. The molecule has 2 N–H and O–H groups in total. The summed E-state index contributed by atoms with van der Waals surface area (Å²) in [4.78, 5) is 15.0. The molecule has 0 aliphatic carbocycles. The van der Waals surface area contributed by atoms with Gasteiger partial charge in [0, 0.05) is 42.2 Å². The van der Waals surface area contributed by atoms with Crippen LogP contribution in [0.2, 0.25) is 0 Å². The highest BCUT2D eigenvalue weighted by Crippen LogP contribution is 2.35. The van der Waals surface area contributed by atoms with Crippen LogP contribution in [-0.4, -0.2) is 58.3 Å². The first-order chi connectivity index (χ1) is 15.0. The first-order valence-electron chi connectivity index (χ1n) is 10.3. The predicted molar refractivity (Wildman–Crippen MR) is 113 cm³/mol. The van der Waals surface area contributed by atoms with Gasteiger partial charge in [-0.25, -0.2) is 18.7 Å². The molecule has 2 fully saturated rings. The number of benzene rings is 1. The van der Waals surface area contributed by atoms with Gasteiger partial charge in [-0.15, -0.1) is 0 Å². The van der Waals surface area contributed by atoms with Crippen molar-refractivity contribution in [2.45, 2.75) is 43.6 Å². The third-order valence-electron chi connectivity index (χ3n) is 6.31. The van der Waals surface area contributed by atoms with Gasteiger partial charge >= 0.3 is 0 Å². The number of halogens is 2. The molecule has 2 aliphatic rings. The van der Waals surface area contributed by atoms with Gasteiger partial charge in [-0.1, -0.05) is 0 Å². The van der Waals surface area contributed by atoms with E-state index in [0.717, 1.165) is 24.6 Å². The van der Waals surface area contributed by atoms with E-state index >= 15 is 0 Å². The van der Waals surface area contributed by atoms with Gasteiger partial charge in [0.25, 0.3) is 0 Å². The van der Waals surface area contributed by atoms with Crippen LogP contribution in [0.1, 0.15) is 19.3 Å². The zero-order valence-electron chi connectivity index (χ0n) is 17.0. The van der Waals surface area contributed by atoms with Crippen molar-refractivity contribution in [1.29, 1.82) is 0 Å². The number of ether oxygens (including phenoxy) is 1. The summed E-state index contributed by atoms with van der Waals surface area (Å²) in [5.74, 6) is 0.714. The van der Waals surface area contributed by atoms with E-state index in [1.54, 1.807) is 30.6 Å². The third kappa shape index (κ3) is 3.63. The Hall–Kier alpha value is -3.07. The molecule has 31 heavy (non-hydrogen) atoms. The predicted octanol–water partition coefficient (Wildman–Crippen LogP) is 3.37. The zero-order valence-corrected chi connectivity index (χ0v) is 17.0. The lowest BCUT2D eigenvalue weighted by Crippen LogP contribution is -2.55. The van der Waals surface area contributed by atoms with Crippen molar-refractivity contribution >= 4 is 16.7 Å².